The normalized spacial score (nSPS) is 20.7. The fourth-order valence-electron chi connectivity index (χ4n) is 10.1. The highest BCUT2D eigenvalue weighted by Gasteiger charge is 2.61. The minimum Gasteiger partial charge on any atom is -0.318 e. The molecule has 11 rings (SSSR count). The second-order valence-corrected chi connectivity index (χ2v) is 15.8. The van der Waals surface area contributed by atoms with E-state index in [-0.39, 0.29) is 18.2 Å². The first-order valence-corrected chi connectivity index (χ1v) is 19.9. The summed E-state index contributed by atoms with van der Waals surface area (Å²) in [6.07, 6.45) is 2.45. The number of aromatic nitrogens is 2. The van der Waals surface area contributed by atoms with Gasteiger partial charge < -0.3 is 19.6 Å². The molecule has 3 aliphatic rings. The average Bonchev–Trinajstić information content (AvgIpc) is 3.74. The molecule has 6 nitrogen and oxygen atoms in total. The summed E-state index contributed by atoms with van der Waals surface area (Å²) in [7, 11) is 0. The van der Waals surface area contributed by atoms with Crippen LogP contribution in [0.25, 0.3) is 21.8 Å². The van der Waals surface area contributed by atoms with E-state index < -0.39 is 5.41 Å². The quantitative estimate of drug-likeness (QED) is 0.158. The molecule has 0 saturated heterocycles. The molecular weight excluding hydrogens is 697 g/mol. The third-order valence-corrected chi connectivity index (χ3v) is 12.6. The molecule has 0 amide bonds. The van der Waals surface area contributed by atoms with Crippen LogP contribution < -0.4 is 19.6 Å². The van der Waals surface area contributed by atoms with E-state index in [2.05, 4.69) is 216 Å². The monoisotopic (exact) mass is 738 g/mol. The van der Waals surface area contributed by atoms with Crippen molar-refractivity contribution in [2.45, 2.75) is 38.0 Å². The van der Waals surface area contributed by atoms with Crippen LogP contribution >= 0.6 is 0 Å². The van der Waals surface area contributed by atoms with Gasteiger partial charge in [-0.25, -0.2) is 9.97 Å². The van der Waals surface area contributed by atoms with Gasteiger partial charge in [0.05, 0.1) is 22.4 Å². The van der Waals surface area contributed by atoms with Crippen LogP contribution in [0.1, 0.15) is 24.5 Å². The molecule has 4 unspecified atom stereocenters. The van der Waals surface area contributed by atoms with Gasteiger partial charge in [-0.2, -0.15) is 0 Å². The van der Waals surface area contributed by atoms with Gasteiger partial charge in [0.25, 0.3) is 0 Å². The molecule has 0 saturated carbocycles. The van der Waals surface area contributed by atoms with Gasteiger partial charge in [0.15, 0.2) is 11.6 Å². The Morgan fingerprint density at radius 2 is 1.02 bits per heavy atom. The fourth-order valence-corrected chi connectivity index (χ4v) is 10.1. The molecule has 57 heavy (non-hydrogen) atoms. The zero-order chi connectivity index (χ0) is 38.3. The van der Waals surface area contributed by atoms with Crippen molar-refractivity contribution >= 4 is 67.6 Å². The Balaban J connectivity index is 1.28. The molecule has 0 radical (unpaired) electrons. The van der Waals surface area contributed by atoms with Crippen molar-refractivity contribution in [3.8, 4) is 0 Å². The molecule has 0 fully saturated rings. The molecule has 0 bridgehead atoms. The first-order valence-electron chi connectivity index (χ1n) is 19.9. The number of anilines is 8. The zero-order valence-corrected chi connectivity index (χ0v) is 32.1. The highest BCUT2D eigenvalue weighted by Crippen LogP contribution is 2.63. The number of hydrogen-bond donors (Lipinski definition) is 0. The van der Waals surface area contributed by atoms with Crippen molar-refractivity contribution in [3.63, 3.8) is 0 Å². The number of benzene rings is 7. The summed E-state index contributed by atoms with van der Waals surface area (Å²) in [5.41, 5.74) is 10.8. The van der Waals surface area contributed by atoms with Crippen LogP contribution in [-0.4, -0.2) is 22.3 Å². The van der Waals surface area contributed by atoms with Crippen LogP contribution in [0.5, 0.6) is 0 Å². The molecule has 276 valence electrons. The van der Waals surface area contributed by atoms with E-state index in [1.54, 1.807) is 0 Å². The summed E-state index contributed by atoms with van der Waals surface area (Å²) in [5.74, 6) is 1.64. The van der Waals surface area contributed by atoms with E-state index >= 15 is 0 Å². The fraction of sp³-hybridized carbons (Fsp3) is 0.137. The Labute approximate surface area is 333 Å². The summed E-state index contributed by atoms with van der Waals surface area (Å²) < 4.78 is 0. The average molecular weight is 739 g/mol. The largest absolute Gasteiger partial charge is 0.318 e. The lowest BCUT2D eigenvalue weighted by molar-refractivity contribution is 0.202. The van der Waals surface area contributed by atoms with E-state index in [0.29, 0.717) is 0 Å². The van der Waals surface area contributed by atoms with Crippen LogP contribution in [0.2, 0.25) is 0 Å². The predicted molar refractivity (Wildman–Crippen MR) is 236 cm³/mol. The van der Waals surface area contributed by atoms with Crippen LogP contribution in [0.4, 0.5) is 45.8 Å². The van der Waals surface area contributed by atoms with Crippen molar-refractivity contribution in [2.24, 2.45) is 5.92 Å². The van der Waals surface area contributed by atoms with Crippen molar-refractivity contribution in [3.05, 3.63) is 194 Å². The van der Waals surface area contributed by atoms with Crippen LogP contribution in [0, 0.1) is 12.8 Å². The maximum Gasteiger partial charge on any atom is 0.179 e. The minimum absolute atomic E-state index is 0.0972. The smallest absolute Gasteiger partial charge is 0.179 e. The molecule has 3 aliphatic heterocycles. The zero-order valence-electron chi connectivity index (χ0n) is 32.1. The summed E-state index contributed by atoms with van der Waals surface area (Å²) in [6, 6.07) is 61.4. The minimum atomic E-state index is -0.409. The maximum absolute atomic E-state index is 5.49. The number of para-hydroxylation sites is 6. The number of aryl methyl sites for hydroxylation is 1. The van der Waals surface area contributed by atoms with E-state index in [0.717, 1.165) is 46.2 Å². The van der Waals surface area contributed by atoms with Gasteiger partial charge in [-0.1, -0.05) is 122 Å². The van der Waals surface area contributed by atoms with Crippen LogP contribution in [0.15, 0.2) is 183 Å². The van der Waals surface area contributed by atoms with Crippen LogP contribution in [0.3, 0.4) is 0 Å². The van der Waals surface area contributed by atoms with E-state index in [9.17, 15) is 0 Å². The summed E-state index contributed by atoms with van der Waals surface area (Å²) in [4.78, 5) is 21.2. The third-order valence-electron chi connectivity index (χ3n) is 12.6. The topological polar surface area (TPSA) is 38.7 Å². The number of fused-ring (bicyclic) bond motifs is 8. The van der Waals surface area contributed by atoms with Crippen molar-refractivity contribution in [1.29, 1.82) is 0 Å². The van der Waals surface area contributed by atoms with Gasteiger partial charge in [-0.05, 0) is 95.9 Å². The van der Waals surface area contributed by atoms with E-state index in [4.69, 9.17) is 9.97 Å². The van der Waals surface area contributed by atoms with E-state index in [1.807, 2.05) is 0 Å². The molecule has 0 N–H and O–H groups in total. The van der Waals surface area contributed by atoms with Gasteiger partial charge >= 0.3 is 0 Å². The van der Waals surface area contributed by atoms with Gasteiger partial charge in [-0.3, -0.25) is 0 Å². The molecule has 7 aromatic carbocycles. The van der Waals surface area contributed by atoms with Crippen molar-refractivity contribution in [1.82, 2.24) is 9.97 Å². The molecule has 1 aromatic heterocycles. The molecule has 4 heterocycles. The second-order valence-electron chi connectivity index (χ2n) is 15.8. The second kappa shape index (κ2) is 12.8. The van der Waals surface area contributed by atoms with Gasteiger partial charge in [0.1, 0.15) is 12.3 Å². The molecule has 6 heteroatoms. The highest BCUT2D eigenvalue weighted by atomic mass is 15.5. The number of nitrogens with zero attached hydrogens (tertiary/aromatic N) is 6. The predicted octanol–water partition coefficient (Wildman–Crippen LogP) is 12.5. The van der Waals surface area contributed by atoms with E-state index in [1.165, 1.54) is 39.0 Å². The van der Waals surface area contributed by atoms with Gasteiger partial charge in [0, 0.05) is 34.1 Å². The Bertz CT molecular complexity index is 2840. The number of allylic oxidation sites excluding steroid dienone is 1. The first kappa shape index (κ1) is 33.4. The molecule has 0 spiro atoms. The van der Waals surface area contributed by atoms with Crippen molar-refractivity contribution in [2.75, 3.05) is 19.6 Å². The summed E-state index contributed by atoms with van der Waals surface area (Å²) in [5, 5.41) is 2.43. The molecule has 4 atom stereocenters. The number of hydrogen-bond acceptors (Lipinski definition) is 6. The molecule has 8 aromatic rings. The Hall–Kier alpha value is -6.92. The lowest BCUT2D eigenvalue weighted by Gasteiger charge is -2.56. The third kappa shape index (κ3) is 4.89. The standard InChI is InChI=1S/C51H42N6/c1-4-31-51(3)39-26-14-18-30-43(39)57-48-47(52-40-27-15-16-28-41(40)53-48)55(38-24-9-6-10-25-38)50(57)46(51)49-54(37-22-7-5-8-23-37)44-32-35-20-12-13-21-36(35)33-45(44)56(49)42-29-17-11-19-34(42)2/h4-30,32-33,46,49-50H,1,31H2,2-3H3. The highest BCUT2D eigenvalue weighted by molar-refractivity contribution is 6.00. The van der Waals surface area contributed by atoms with Crippen molar-refractivity contribution < 1.29 is 0 Å². The summed E-state index contributed by atoms with van der Waals surface area (Å²) >= 11 is 0. The maximum atomic E-state index is 5.49. The van der Waals surface area contributed by atoms with Crippen LogP contribution in [-0.2, 0) is 5.41 Å². The first-order chi connectivity index (χ1) is 28.0. The lowest BCUT2D eigenvalue weighted by atomic mass is 9.63. The number of rotatable bonds is 6. The lowest BCUT2D eigenvalue weighted by Crippen LogP contribution is -2.64. The SMILES string of the molecule is C=CCC1(C)c2ccccc2N2c3nc4ccccc4nc3N(c3ccccc3)C2C1C1N(c2ccccc2)c2cc3ccccc3cc2N1c1ccccc1C. The summed E-state index contributed by atoms with van der Waals surface area (Å²) in [6.45, 7) is 9.15. The van der Waals surface area contributed by atoms with Gasteiger partial charge in [0.2, 0.25) is 0 Å². The Morgan fingerprint density at radius 3 is 1.65 bits per heavy atom. The Kier molecular flexibility index (Phi) is 7.52. The molecular formula is C51H42N6. The molecule has 0 aliphatic carbocycles. The van der Waals surface area contributed by atoms with Gasteiger partial charge in [-0.15, -0.1) is 6.58 Å². The Morgan fingerprint density at radius 1 is 0.526 bits per heavy atom.